The van der Waals surface area contributed by atoms with Crippen LogP contribution >= 0.6 is 27.3 Å². The molecule has 0 amide bonds. The van der Waals surface area contributed by atoms with E-state index >= 15 is 0 Å². The fraction of sp³-hybridized carbons (Fsp3) is 0.278. The minimum atomic E-state index is 0.355. The molecule has 0 fully saturated rings. The van der Waals surface area contributed by atoms with Crippen LogP contribution in [-0.4, -0.2) is 19.1 Å². The van der Waals surface area contributed by atoms with Crippen LogP contribution in [0.15, 0.2) is 46.9 Å². The van der Waals surface area contributed by atoms with Crippen LogP contribution in [0.3, 0.4) is 0 Å². The smallest absolute Gasteiger partial charge is 0.151 e. The summed E-state index contributed by atoms with van der Waals surface area (Å²) in [6.07, 6.45) is 0. The van der Waals surface area contributed by atoms with Crippen molar-refractivity contribution in [1.29, 1.82) is 0 Å². The predicted octanol–water partition coefficient (Wildman–Crippen LogP) is 3.84. The molecule has 23 heavy (non-hydrogen) atoms. The van der Waals surface area contributed by atoms with Gasteiger partial charge in [0.15, 0.2) is 5.01 Å². The van der Waals surface area contributed by atoms with Crippen molar-refractivity contribution in [2.75, 3.05) is 14.2 Å². The van der Waals surface area contributed by atoms with Crippen LogP contribution in [0.1, 0.15) is 23.5 Å². The first-order chi connectivity index (χ1) is 11.1. The Morgan fingerprint density at radius 1 is 1.26 bits per heavy atom. The Bertz CT molecular complexity index is 785. The number of quaternary nitrogens is 1. The van der Waals surface area contributed by atoms with E-state index in [1.165, 1.54) is 20.2 Å². The van der Waals surface area contributed by atoms with E-state index in [0.29, 0.717) is 6.04 Å². The van der Waals surface area contributed by atoms with Crippen molar-refractivity contribution in [3.05, 3.63) is 57.5 Å². The van der Waals surface area contributed by atoms with E-state index in [-0.39, 0.29) is 0 Å². The summed E-state index contributed by atoms with van der Waals surface area (Å²) in [7, 11) is 3.90. The van der Waals surface area contributed by atoms with Crippen LogP contribution in [0, 0.1) is 0 Å². The van der Waals surface area contributed by atoms with E-state index in [1.807, 2.05) is 12.1 Å². The molecule has 1 unspecified atom stereocenters. The lowest BCUT2D eigenvalue weighted by Gasteiger charge is -2.20. The van der Waals surface area contributed by atoms with Crippen LogP contribution < -0.4 is 9.64 Å². The Hall–Kier alpha value is -1.43. The van der Waals surface area contributed by atoms with E-state index in [4.69, 9.17) is 9.72 Å². The third kappa shape index (κ3) is 3.57. The van der Waals surface area contributed by atoms with Gasteiger partial charge in [-0.3, -0.25) is 0 Å². The molecule has 3 aromatic rings. The molecule has 0 aliphatic rings. The number of fused-ring (bicyclic) bond motifs is 1. The molecule has 0 aliphatic carbocycles. The van der Waals surface area contributed by atoms with Gasteiger partial charge >= 0.3 is 0 Å². The number of halogens is 1. The molecule has 0 bridgehead atoms. The van der Waals surface area contributed by atoms with Gasteiger partial charge in [-0.25, -0.2) is 4.98 Å². The zero-order chi connectivity index (χ0) is 16.4. The van der Waals surface area contributed by atoms with Crippen molar-refractivity contribution >= 4 is 37.5 Å². The second-order valence-electron chi connectivity index (χ2n) is 5.73. The normalized spacial score (nSPS) is 13.9. The molecule has 1 heterocycles. The van der Waals surface area contributed by atoms with Crippen molar-refractivity contribution in [3.8, 4) is 5.75 Å². The van der Waals surface area contributed by atoms with Crippen molar-refractivity contribution < 1.29 is 9.64 Å². The standard InChI is InChI=1S/C18H19BrN2OS/c1-12(18-20-15-6-4-5-7-17(15)23-18)21(2)11-13-8-9-16(22-3)14(19)10-13/h4-10,12H,11H2,1-3H3/p+1/t12-/m1/s1. The maximum Gasteiger partial charge on any atom is 0.151 e. The van der Waals surface area contributed by atoms with Crippen LogP contribution in [0.4, 0.5) is 0 Å². The lowest BCUT2D eigenvalue weighted by Crippen LogP contribution is -3.07. The maximum absolute atomic E-state index is 5.29. The van der Waals surface area contributed by atoms with E-state index in [0.717, 1.165) is 22.3 Å². The Kier molecular flexibility index (Phi) is 4.99. The summed E-state index contributed by atoms with van der Waals surface area (Å²) in [4.78, 5) is 6.21. The summed E-state index contributed by atoms with van der Waals surface area (Å²) in [5.41, 5.74) is 2.38. The summed E-state index contributed by atoms with van der Waals surface area (Å²) in [6, 6.07) is 15.0. The van der Waals surface area contributed by atoms with Gasteiger partial charge in [0.2, 0.25) is 0 Å². The maximum atomic E-state index is 5.29. The van der Waals surface area contributed by atoms with Crippen LogP contribution in [-0.2, 0) is 6.54 Å². The Morgan fingerprint density at radius 2 is 2.04 bits per heavy atom. The Morgan fingerprint density at radius 3 is 2.74 bits per heavy atom. The molecular weight excluding hydrogens is 372 g/mol. The second-order valence-corrected chi connectivity index (χ2v) is 7.65. The van der Waals surface area contributed by atoms with Gasteiger partial charge in [0.1, 0.15) is 18.3 Å². The van der Waals surface area contributed by atoms with Crippen molar-refractivity contribution in [2.24, 2.45) is 0 Å². The highest BCUT2D eigenvalue weighted by atomic mass is 79.9. The number of nitrogens with zero attached hydrogens (tertiary/aromatic N) is 1. The number of thiazole rings is 1. The molecule has 1 N–H and O–H groups in total. The zero-order valence-corrected chi connectivity index (χ0v) is 15.9. The lowest BCUT2D eigenvalue weighted by molar-refractivity contribution is -0.923. The van der Waals surface area contributed by atoms with Gasteiger partial charge in [0.25, 0.3) is 0 Å². The summed E-state index contributed by atoms with van der Waals surface area (Å²) in [6.45, 7) is 3.19. The fourth-order valence-electron chi connectivity index (χ4n) is 2.58. The first kappa shape index (κ1) is 16.4. The van der Waals surface area contributed by atoms with Crippen molar-refractivity contribution in [3.63, 3.8) is 0 Å². The molecule has 0 saturated carbocycles. The van der Waals surface area contributed by atoms with E-state index in [1.54, 1.807) is 18.4 Å². The molecule has 1 aromatic heterocycles. The third-order valence-electron chi connectivity index (χ3n) is 4.12. The number of hydrogen-bond acceptors (Lipinski definition) is 3. The third-order valence-corrected chi connectivity index (χ3v) is 5.96. The summed E-state index contributed by atoms with van der Waals surface area (Å²) >= 11 is 5.35. The minimum Gasteiger partial charge on any atom is -0.496 e. The topological polar surface area (TPSA) is 26.6 Å². The highest BCUT2D eigenvalue weighted by Gasteiger charge is 2.20. The van der Waals surface area contributed by atoms with Gasteiger partial charge in [0.05, 0.1) is 28.8 Å². The SMILES string of the molecule is COc1ccc(C[NH+](C)[C@H](C)c2nc3ccccc3s2)cc1Br. The van der Waals surface area contributed by atoms with E-state index < -0.39 is 0 Å². The molecule has 120 valence electrons. The van der Waals surface area contributed by atoms with Gasteiger partial charge in [0, 0.05) is 5.56 Å². The average Bonchev–Trinajstić information content (AvgIpc) is 2.98. The first-order valence-corrected chi connectivity index (χ1v) is 9.19. The van der Waals surface area contributed by atoms with Crippen LogP contribution in [0.2, 0.25) is 0 Å². The van der Waals surface area contributed by atoms with E-state index in [2.05, 4.69) is 60.2 Å². The number of aromatic nitrogens is 1. The molecule has 0 saturated heterocycles. The number of hydrogen-bond donors (Lipinski definition) is 1. The molecule has 3 nitrogen and oxygen atoms in total. The molecule has 5 heteroatoms. The molecule has 3 rings (SSSR count). The van der Waals surface area contributed by atoms with Crippen LogP contribution in [0.5, 0.6) is 5.75 Å². The number of nitrogens with one attached hydrogen (secondary N) is 1. The molecule has 0 aliphatic heterocycles. The molecule has 0 radical (unpaired) electrons. The zero-order valence-electron chi connectivity index (χ0n) is 13.5. The molecule has 2 aromatic carbocycles. The van der Waals surface area contributed by atoms with Crippen LogP contribution in [0.25, 0.3) is 10.2 Å². The van der Waals surface area contributed by atoms with Crippen molar-refractivity contribution in [1.82, 2.24) is 4.98 Å². The second kappa shape index (κ2) is 6.99. The van der Waals surface area contributed by atoms with Gasteiger partial charge in [-0.15, -0.1) is 11.3 Å². The minimum absolute atomic E-state index is 0.355. The number of methoxy groups -OCH3 is 1. The molecule has 2 atom stereocenters. The Balaban J connectivity index is 1.76. The fourth-order valence-corrected chi connectivity index (χ4v) is 4.28. The van der Waals surface area contributed by atoms with Crippen molar-refractivity contribution in [2.45, 2.75) is 19.5 Å². The highest BCUT2D eigenvalue weighted by Crippen LogP contribution is 2.26. The lowest BCUT2D eigenvalue weighted by atomic mass is 10.2. The number of rotatable bonds is 5. The predicted molar refractivity (Wildman–Crippen MR) is 99.3 cm³/mol. The Labute approximate surface area is 149 Å². The molecular formula is C18H20BrN2OS+. The largest absolute Gasteiger partial charge is 0.496 e. The first-order valence-electron chi connectivity index (χ1n) is 7.58. The average molecular weight is 392 g/mol. The van der Waals surface area contributed by atoms with Gasteiger partial charge < -0.3 is 9.64 Å². The molecule has 0 spiro atoms. The van der Waals surface area contributed by atoms with Gasteiger partial charge in [-0.05, 0) is 53.2 Å². The quantitative estimate of drug-likeness (QED) is 0.714. The number of ether oxygens (including phenoxy) is 1. The highest BCUT2D eigenvalue weighted by molar-refractivity contribution is 9.10. The monoisotopic (exact) mass is 391 g/mol. The number of benzene rings is 2. The summed E-state index contributed by atoms with van der Waals surface area (Å²) in [5, 5.41) is 1.19. The number of para-hydroxylation sites is 1. The summed E-state index contributed by atoms with van der Waals surface area (Å²) < 4.78 is 7.55. The van der Waals surface area contributed by atoms with Gasteiger partial charge in [-0.1, -0.05) is 12.1 Å². The summed E-state index contributed by atoms with van der Waals surface area (Å²) in [5.74, 6) is 0.866. The van der Waals surface area contributed by atoms with E-state index in [9.17, 15) is 0 Å². The van der Waals surface area contributed by atoms with Gasteiger partial charge in [-0.2, -0.15) is 0 Å².